The van der Waals surface area contributed by atoms with E-state index in [1.807, 2.05) is 23.8 Å². The summed E-state index contributed by atoms with van der Waals surface area (Å²) in [6, 6.07) is 2.00. The van der Waals surface area contributed by atoms with E-state index in [-0.39, 0.29) is 35.8 Å². The quantitative estimate of drug-likeness (QED) is 0.771. The molecule has 0 aromatic carbocycles. The topological polar surface area (TPSA) is 64.6 Å². The van der Waals surface area contributed by atoms with Crippen molar-refractivity contribution in [1.82, 2.24) is 5.32 Å². The van der Waals surface area contributed by atoms with E-state index < -0.39 is 0 Å². The van der Waals surface area contributed by atoms with Gasteiger partial charge in [0.15, 0.2) is 5.78 Å². The molecule has 3 aliphatic rings. The Bertz CT molecular complexity index is 844. The Labute approximate surface area is 169 Å². The molecule has 0 amide bonds. The van der Waals surface area contributed by atoms with E-state index in [4.69, 9.17) is 9.47 Å². The molecule has 1 saturated heterocycles. The fourth-order valence-corrected chi connectivity index (χ4v) is 5.19. The zero-order valence-corrected chi connectivity index (χ0v) is 17.5. The highest BCUT2D eigenvalue weighted by atomic mass is 32.1. The van der Waals surface area contributed by atoms with Crippen LogP contribution in [0.15, 0.2) is 39.4 Å². The molecule has 1 aromatic heterocycles. The lowest BCUT2D eigenvalue weighted by molar-refractivity contribution is -0.142. The second kappa shape index (κ2) is 7.48. The van der Waals surface area contributed by atoms with Gasteiger partial charge in [0.25, 0.3) is 0 Å². The first-order valence-corrected chi connectivity index (χ1v) is 10.8. The molecule has 0 bridgehead atoms. The van der Waals surface area contributed by atoms with Crippen molar-refractivity contribution in [3.05, 3.63) is 44.9 Å². The van der Waals surface area contributed by atoms with Crippen molar-refractivity contribution in [3.8, 4) is 0 Å². The van der Waals surface area contributed by atoms with Crippen molar-refractivity contribution in [2.24, 2.45) is 5.41 Å². The second-order valence-electron chi connectivity index (χ2n) is 8.72. The molecular weight excluding hydrogens is 374 g/mol. The summed E-state index contributed by atoms with van der Waals surface area (Å²) in [5.74, 6) is -0.601. The minimum absolute atomic E-state index is 0.0205. The van der Waals surface area contributed by atoms with Gasteiger partial charge in [0, 0.05) is 35.9 Å². The molecule has 28 heavy (non-hydrogen) atoms. The number of carbonyl (C=O) groups excluding carboxylic acids is 2. The number of allylic oxidation sites excluding steroid dienone is 3. The zero-order valence-electron chi connectivity index (χ0n) is 16.7. The first kappa shape index (κ1) is 19.4. The molecule has 1 aromatic rings. The highest BCUT2D eigenvalue weighted by molar-refractivity contribution is 7.08. The molecule has 1 fully saturated rings. The third kappa shape index (κ3) is 3.67. The molecule has 0 spiro atoms. The Hall–Kier alpha value is -1.92. The molecule has 3 heterocycles. The summed E-state index contributed by atoms with van der Waals surface area (Å²) in [5, 5.41) is 7.37. The first-order valence-electron chi connectivity index (χ1n) is 9.90. The fourth-order valence-electron chi connectivity index (χ4n) is 4.50. The number of ether oxygens (including phenoxy) is 2. The van der Waals surface area contributed by atoms with Gasteiger partial charge in [0.1, 0.15) is 6.61 Å². The average molecular weight is 402 g/mol. The van der Waals surface area contributed by atoms with Crippen LogP contribution >= 0.6 is 11.3 Å². The van der Waals surface area contributed by atoms with Crippen molar-refractivity contribution in [2.75, 3.05) is 13.2 Å². The highest BCUT2D eigenvalue weighted by Gasteiger charge is 2.43. The number of ketones is 1. The normalized spacial score (nSPS) is 26.9. The predicted molar refractivity (Wildman–Crippen MR) is 108 cm³/mol. The van der Waals surface area contributed by atoms with Crippen molar-refractivity contribution in [1.29, 1.82) is 0 Å². The Morgan fingerprint density at radius 3 is 2.89 bits per heavy atom. The Morgan fingerprint density at radius 2 is 2.21 bits per heavy atom. The third-order valence-corrected chi connectivity index (χ3v) is 6.46. The molecule has 5 nitrogen and oxygen atoms in total. The van der Waals surface area contributed by atoms with Gasteiger partial charge in [-0.25, -0.2) is 4.79 Å². The maximum Gasteiger partial charge on any atom is 0.336 e. The average Bonchev–Trinajstić information content (AvgIpc) is 3.31. The number of hydrogen-bond acceptors (Lipinski definition) is 6. The molecule has 0 unspecified atom stereocenters. The Balaban J connectivity index is 1.67. The lowest BCUT2D eigenvalue weighted by atomic mass is 9.69. The molecule has 150 valence electrons. The summed E-state index contributed by atoms with van der Waals surface area (Å²) in [6.45, 7) is 7.11. The van der Waals surface area contributed by atoms with Crippen LogP contribution in [-0.4, -0.2) is 31.1 Å². The zero-order chi connectivity index (χ0) is 19.9. The van der Waals surface area contributed by atoms with Crippen LogP contribution in [0.2, 0.25) is 0 Å². The van der Waals surface area contributed by atoms with Crippen molar-refractivity contribution >= 4 is 23.1 Å². The molecule has 2 aliphatic heterocycles. The summed E-state index contributed by atoms with van der Waals surface area (Å²) in [4.78, 5) is 26.2. The van der Waals surface area contributed by atoms with Crippen LogP contribution in [0.4, 0.5) is 0 Å². The highest BCUT2D eigenvalue weighted by Crippen LogP contribution is 2.47. The van der Waals surface area contributed by atoms with Gasteiger partial charge in [-0.3, -0.25) is 4.79 Å². The number of esters is 1. The van der Waals surface area contributed by atoms with E-state index in [1.54, 1.807) is 11.3 Å². The SMILES string of the molecule is CC1=C(C(=O)OC[C@@H]2CCCO2)[C@H](c2ccsc2)C2=C(CC(C)(C)CC2=O)N1. The maximum atomic E-state index is 13.1. The van der Waals surface area contributed by atoms with Gasteiger partial charge in [-0.1, -0.05) is 13.8 Å². The summed E-state index contributed by atoms with van der Waals surface area (Å²) >= 11 is 1.57. The molecule has 6 heteroatoms. The van der Waals surface area contributed by atoms with Crippen LogP contribution in [0, 0.1) is 5.41 Å². The predicted octanol–water partition coefficient (Wildman–Crippen LogP) is 4.07. The van der Waals surface area contributed by atoms with E-state index in [1.165, 1.54) is 0 Å². The third-order valence-electron chi connectivity index (χ3n) is 5.76. The van der Waals surface area contributed by atoms with Crippen LogP contribution in [0.1, 0.15) is 57.9 Å². The number of thiophene rings is 1. The van der Waals surface area contributed by atoms with Crippen LogP contribution < -0.4 is 5.32 Å². The lowest BCUT2D eigenvalue weighted by Gasteiger charge is -2.39. The van der Waals surface area contributed by atoms with E-state index in [0.717, 1.165) is 48.4 Å². The summed E-state index contributed by atoms with van der Waals surface area (Å²) in [5.41, 5.74) is 3.90. The number of hydrogen-bond donors (Lipinski definition) is 1. The molecule has 0 saturated carbocycles. The number of dihydropyridines is 1. The van der Waals surface area contributed by atoms with Crippen LogP contribution in [-0.2, 0) is 19.1 Å². The van der Waals surface area contributed by atoms with Gasteiger partial charge in [-0.15, -0.1) is 0 Å². The minimum Gasteiger partial charge on any atom is -0.459 e. The van der Waals surface area contributed by atoms with Crippen LogP contribution in [0.3, 0.4) is 0 Å². The molecule has 0 radical (unpaired) electrons. The van der Waals surface area contributed by atoms with Crippen molar-refractivity contribution < 1.29 is 19.1 Å². The summed E-state index contributed by atoms with van der Waals surface area (Å²) in [6.07, 6.45) is 3.19. The van der Waals surface area contributed by atoms with Gasteiger partial charge in [0.2, 0.25) is 0 Å². The van der Waals surface area contributed by atoms with Crippen LogP contribution in [0.5, 0.6) is 0 Å². The van der Waals surface area contributed by atoms with Gasteiger partial charge < -0.3 is 14.8 Å². The standard InChI is InChI=1S/C22H27NO4S/c1-13-18(21(25)27-11-15-5-4-7-26-15)19(14-6-8-28-12-14)20-16(23-13)9-22(2,3)10-17(20)24/h6,8,12,15,19,23H,4-5,7,9-11H2,1-3H3/t15-,19-/m0/s1. The number of carbonyl (C=O) groups is 2. The monoisotopic (exact) mass is 401 g/mol. The molecule has 4 rings (SSSR count). The van der Waals surface area contributed by atoms with Gasteiger partial charge in [0.05, 0.1) is 11.7 Å². The van der Waals surface area contributed by atoms with Crippen LogP contribution in [0.25, 0.3) is 0 Å². The van der Waals surface area contributed by atoms with Gasteiger partial charge in [-0.2, -0.15) is 11.3 Å². The molecule has 1 N–H and O–H groups in total. The summed E-state index contributed by atoms with van der Waals surface area (Å²) < 4.78 is 11.2. The first-order chi connectivity index (χ1) is 13.4. The Morgan fingerprint density at radius 1 is 1.39 bits per heavy atom. The van der Waals surface area contributed by atoms with Gasteiger partial charge >= 0.3 is 5.97 Å². The van der Waals surface area contributed by atoms with E-state index >= 15 is 0 Å². The van der Waals surface area contributed by atoms with E-state index in [0.29, 0.717) is 12.0 Å². The molecular formula is C22H27NO4S. The van der Waals surface area contributed by atoms with Crippen molar-refractivity contribution in [3.63, 3.8) is 0 Å². The molecule has 1 aliphatic carbocycles. The largest absolute Gasteiger partial charge is 0.459 e. The Kier molecular flexibility index (Phi) is 5.19. The number of rotatable bonds is 4. The van der Waals surface area contributed by atoms with E-state index in [2.05, 4.69) is 19.2 Å². The number of Topliss-reactive ketones (excluding diaryl/α,β-unsaturated/α-hetero) is 1. The van der Waals surface area contributed by atoms with Crippen molar-refractivity contribution in [2.45, 2.75) is 58.5 Å². The molecule has 2 atom stereocenters. The smallest absolute Gasteiger partial charge is 0.336 e. The van der Waals surface area contributed by atoms with Gasteiger partial charge in [-0.05, 0) is 54.0 Å². The second-order valence-corrected chi connectivity index (χ2v) is 9.50. The number of nitrogens with one attached hydrogen (secondary N) is 1. The maximum absolute atomic E-state index is 13.1. The lowest BCUT2D eigenvalue weighted by Crippen LogP contribution is -2.38. The van der Waals surface area contributed by atoms with E-state index in [9.17, 15) is 9.59 Å². The fraction of sp³-hybridized carbons (Fsp3) is 0.545. The summed E-state index contributed by atoms with van der Waals surface area (Å²) in [7, 11) is 0. The minimum atomic E-state index is -0.360.